The topological polar surface area (TPSA) is 49.4 Å². The molecule has 0 unspecified atom stereocenters. The van der Waals surface area contributed by atoms with Gasteiger partial charge in [-0.3, -0.25) is 9.59 Å². The highest BCUT2D eigenvalue weighted by Crippen LogP contribution is 2.20. The first-order valence-corrected chi connectivity index (χ1v) is 10.6. The molecule has 0 fully saturated rings. The van der Waals surface area contributed by atoms with Crippen LogP contribution in [0.3, 0.4) is 0 Å². The van der Waals surface area contributed by atoms with Gasteiger partial charge in [0.1, 0.15) is 6.04 Å². The molecule has 0 bridgehead atoms. The fraction of sp³-hybridized carbons (Fsp3) is 0.417. The highest BCUT2D eigenvalue weighted by Gasteiger charge is 2.26. The third-order valence-electron chi connectivity index (χ3n) is 5.09. The lowest BCUT2D eigenvalue weighted by atomic mass is 10.00. The van der Waals surface area contributed by atoms with E-state index in [0.717, 1.165) is 11.1 Å². The molecule has 29 heavy (non-hydrogen) atoms. The summed E-state index contributed by atoms with van der Waals surface area (Å²) in [4.78, 5) is 27.1. The average molecular weight is 415 g/mol. The van der Waals surface area contributed by atoms with Crippen LogP contribution in [0.2, 0.25) is 5.02 Å². The Hall–Kier alpha value is -2.33. The van der Waals surface area contributed by atoms with Crippen molar-refractivity contribution in [1.82, 2.24) is 10.2 Å². The molecule has 0 aromatic heterocycles. The molecular formula is C24H31ClN2O2. The van der Waals surface area contributed by atoms with Crippen LogP contribution in [0.25, 0.3) is 0 Å². The zero-order valence-electron chi connectivity index (χ0n) is 17.7. The summed E-state index contributed by atoms with van der Waals surface area (Å²) in [5.74, 6) is 0.264. The number of likely N-dealkylation sites (N-methyl/N-ethyl adjacent to an activating group) is 1. The molecule has 2 aromatic rings. The van der Waals surface area contributed by atoms with E-state index in [2.05, 4.69) is 43.4 Å². The number of carbonyl (C=O) groups is 2. The zero-order valence-corrected chi connectivity index (χ0v) is 18.5. The van der Waals surface area contributed by atoms with Crippen LogP contribution in [-0.2, 0) is 22.6 Å². The van der Waals surface area contributed by atoms with E-state index < -0.39 is 6.04 Å². The van der Waals surface area contributed by atoms with Crippen molar-refractivity contribution >= 4 is 23.4 Å². The molecule has 2 aromatic carbocycles. The van der Waals surface area contributed by atoms with Gasteiger partial charge in [-0.15, -0.1) is 0 Å². The van der Waals surface area contributed by atoms with E-state index in [1.165, 1.54) is 5.56 Å². The number of nitrogens with one attached hydrogen (secondary N) is 1. The van der Waals surface area contributed by atoms with Gasteiger partial charge in [-0.2, -0.15) is 0 Å². The number of hydrogen-bond acceptors (Lipinski definition) is 2. The van der Waals surface area contributed by atoms with Crippen LogP contribution in [0.5, 0.6) is 0 Å². The third-order valence-corrected chi connectivity index (χ3v) is 5.46. The number of halogens is 1. The van der Waals surface area contributed by atoms with Crippen molar-refractivity contribution in [3.05, 3.63) is 70.2 Å². The van der Waals surface area contributed by atoms with Crippen molar-refractivity contribution < 1.29 is 9.59 Å². The highest BCUT2D eigenvalue weighted by molar-refractivity contribution is 6.31. The summed E-state index contributed by atoms with van der Waals surface area (Å²) in [7, 11) is 0. The molecule has 1 N–H and O–H groups in total. The highest BCUT2D eigenvalue weighted by atomic mass is 35.5. The number of rotatable bonds is 9. The molecule has 0 saturated heterocycles. The maximum atomic E-state index is 13.1. The number of amides is 2. The lowest BCUT2D eigenvalue weighted by Crippen LogP contribution is -2.47. The summed E-state index contributed by atoms with van der Waals surface area (Å²) in [5.41, 5.74) is 3.23. The van der Waals surface area contributed by atoms with E-state index in [0.29, 0.717) is 36.9 Å². The van der Waals surface area contributed by atoms with Crippen molar-refractivity contribution in [3.63, 3.8) is 0 Å². The Kier molecular flexibility index (Phi) is 8.71. The molecule has 2 rings (SSSR count). The molecule has 0 radical (unpaired) electrons. The normalized spacial score (nSPS) is 11.9. The van der Waals surface area contributed by atoms with Crippen LogP contribution in [-0.4, -0.2) is 29.3 Å². The molecule has 4 nitrogen and oxygen atoms in total. The monoisotopic (exact) mass is 414 g/mol. The first kappa shape index (κ1) is 23.0. The van der Waals surface area contributed by atoms with E-state index in [1.807, 2.05) is 25.1 Å². The maximum absolute atomic E-state index is 13.1. The molecule has 0 aliphatic heterocycles. The molecule has 0 aliphatic rings. The van der Waals surface area contributed by atoms with Gasteiger partial charge < -0.3 is 10.2 Å². The molecular weight excluding hydrogens is 384 g/mol. The first-order valence-electron chi connectivity index (χ1n) is 10.2. The number of benzene rings is 2. The Balaban J connectivity index is 2.12. The van der Waals surface area contributed by atoms with Crippen molar-refractivity contribution in [2.24, 2.45) is 0 Å². The van der Waals surface area contributed by atoms with Gasteiger partial charge in [-0.25, -0.2) is 0 Å². The van der Waals surface area contributed by atoms with Crippen molar-refractivity contribution in [3.8, 4) is 0 Å². The maximum Gasteiger partial charge on any atom is 0.242 e. The Morgan fingerprint density at radius 2 is 1.69 bits per heavy atom. The number of carbonyl (C=O) groups excluding carboxylic acids is 2. The minimum atomic E-state index is -0.568. The molecule has 0 aliphatic carbocycles. The summed E-state index contributed by atoms with van der Waals surface area (Å²) < 4.78 is 0. The third kappa shape index (κ3) is 6.60. The van der Waals surface area contributed by atoms with Crippen LogP contribution >= 0.6 is 11.6 Å². The van der Waals surface area contributed by atoms with Crippen LogP contribution < -0.4 is 5.32 Å². The summed E-state index contributed by atoms with van der Waals surface area (Å²) in [6.45, 7) is 8.78. The molecule has 0 heterocycles. The van der Waals surface area contributed by atoms with Gasteiger partial charge in [0.05, 0.1) is 0 Å². The second kappa shape index (κ2) is 11.0. The van der Waals surface area contributed by atoms with Crippen LogP contribution in [0.4, 0.5) is 0 Å². The van der Waals surface area contributed by atoms with Crippen LogP contribution in [0.15, 0.2) is 48.5 Å². The van der Waals surface area contributed by atoms with Crippen LogP contribution in [0, 0.1) is 0 Å². The predicted molar refractivity (Wildman–Crippen MR) is 119 cm³/mol. The van der Waals surface area contributed by atoms with Gasteiger partial charge in [0.2, 0.25) is 11.8 Å². The molecule has 0 saturated carbocycles. The van der Waals surface area contributed by atoms with Crippen molar-refractivity contribution in [1.29, 1.82) is 0 Å². The Labute approximate surface area is 179 Å². The fourth-order valence-electron chi connectivity index (χ4n) is 3.18. The summed E-state index contributed by atoms with van der Waals surface area (Å²) in [6, 6.07) is 15.2. The SMILES string of the molecule is CCNC(=O)[C@H](C)N(Cc1ccccc1Cl)C(=O)CCc1ccc(C(C)C)cc1. The van der Waals surface area contributed by atoms with Gasteiger partial charge in [-0.05, 0) is 48.9 Å². The molecule has 5 heteroatoms. The van der Waals surface area contributed by atoms with E-state index in [4.69, 9.17) is 11.6 Å². The van der Waals surface area contributed by atoms with Gasteiger partial charge in [0.15, 0.2) is 0 Å². The standard InChI is InChI=1S/C24H31ClN2O2/c1-5-26-24(29)18(4)27(16-21-8-6-7-9-22(21)25)23(28)15-12-19-10-13-20(14-11-19)17(2)3/h6-11,13-14,17-18H,5,12,15-16H2,1-4H3,(H,26,29)/t18-/m0/s1. The average Bonchev–Trinajstić information content (AvgIpc) is 2.71. The zero-order chi connectivity index (χ0) is 21.4. The number of hydrogen-bond donors (Lipinski definition) is 1. The fourth-order valence-corrected chi connectivity index (χ4v) is 3.37. The minimum Gasteiger partial charge on any atom is -0.355 e. The molecule has 0 spiro atoms. The van der Waals surface area contributed by atoms with Crippen molar-refractivity contribution in [2.45, 2.75) is 59.0 Å². The van der Waals surface area contributed by atoms with Gasteiger partial charge in [-0.1, -0.05) is 67.9 Å². The molecule has 2 amide bonds. The number of nitrogens with zero attached hydrogens (tertiary/aromatic N) is 1. The number of aryl methyl sites for hydroxylation is 1. The van der Waals surface area contributed by atoms with Crippen molar-refractivity contribution in [2.75, 3.05) is 6.54 Å². The minimum absolute atomic E-state index is 0.0587. The van der Waals surface area contributed by atoms with E-state index in [-0.39, 0.29) is 11.8 Å². The Morgan fingerprint density at radius 1 is 1.03 bits per heavy atom. The quantitative estimate of drug-likeness (QED) is 0.631. The summed E-state index contributed by atoms with van der Waals surface area (Å²) in [5, 5.41) is 3.40. The first-order chi connectivity index (χ1) is 13.8. The van der Waals surface area contributed by atoms with Gasteiger partial charge >= 0.3 is 0 Å². The van der Waals surface area contributed by atoms with Gasteiger partial charge in [0, 0.05) is 24.5 Å². The van der Waals surface area contributed by atoms with E-state index >= 15 is 0 Å². The van der Waals surface area contributed by atoms with Crippen LogP contribution in [0.1, 0.15) is 56.7 Å². The smallest absolute Gasteiger partial charge is 0.242 e. The second-order valence-corrected chi connectivity index (χ2v) is 7.99. The molecule has 1 atom stereocenters. The Morgan fingerprint density at radius 3 is 2.28 bits per heavy atom. The summed E-state index contributed by atoms with van der Waals surface area (Å²) >= 11 is 6.29. The van der Waals surface area contributed by atoms with E-state index in [9.17, 15) is 9.59 Å². The summed E-state index contributed by atoms with van der Waals surface area (Å²) in [6.07, 6.45) is 0.980. The largest absolute Gasteiger partial charge is 0.355 e. The lowest BCUT2D eigenvalue weighted by molar-refractivity contribution is -0.140. The lowest BCUT2D eigenvalue weighted by Gasteiger charge is -2.29. The van der Waals surface area contributed by atoms with Gasteiger partial charge in [0.25, 0.3) is 0 Å². The second-order valence-electron chi connectivity index (χ2n) is 7.58. The molecule has 156 valence electrons. The Bertz CT molecular complexity index is 818. The van der Waals surface area contributed by atoms with E-state index in [1.54, 1.807) is 17.9 Å². The predicted octanol–water partition coefficient (Wildman–Crippen LogP) is 4.95.